The minimum atomic E-state index is -0.550. The molecule has 0 aliphatic heterocycles. The maximum absolute atomic E-state index is 12.8. The Balaban J connectivity index is 1.49. The molecule has 0 saturated carbocycles. The molecule has 0 radical (unpaired) electrons. The third-order valence-electron chi connectivity index (χ3n) is 4.87. The number of rotatable bonds is 7. The zero-order chi connectivity index (χ0) is 22.5. The number of halogens is 1. The number of benzene rings is 2. The molecule has 8 nitrogen and oxygen atoms in total. The van der Waals surface area contributed by atoms with E-state index in [0.717, 1.165) is 15.7 Å². The fraction of sp³-hybridized carbons (Fsp3) is 0.130. The number of carbonyl (C=O) groups excluding carboxylic acids is 1. The third-order valence-corrected chi connectivity index (χ3v) is 5.12. The van der Waals surface area contributed by atoms with Crippen molar-refractivity contribution in [3.8, 4) is 0 Å². The van der Waals surface area contributed by atoms with E-state index in [1.165, 1.54) is 16.8 Å². The molecular formula is C23H20ClN5O3. The van der Waals surface area contributed by atoms with Crippen molar-refractivity contribution in [2.45, 2.75) is 19.6 Å². The van der Waals surface area contributed by atoms with Crippen molar-refractivity contribution < 1.29 is 4.79 Å². The first-order valence-corrected chi connectivity index (χ1v) is 10.3. The molecule has 0 atom stereocenters. The van der Waals surface area contributed by atoms with Gasteiger partial charge in [-0.3, -0.25) is 18.7 Å². The predicted molar refractivity (Wildman–Crippen MR) is 122 cm³/mol. The van der Waals surface area contributed by atoms with Gasteiger partial charge in [0.1, 0.15) is 12.4 Å². The van der Waals surface area contributed by atoms with E-state index in [4.69, 9.17) is 11.6 Å². The normalized spacial score (nSPS) is 10.8. The van der Waals surface area contributed by atoms with E-state index in [9.17, 15) is 14.4 Å². The van der Waals surface area contributed by atoms with Gasteiger partial charge in [-0.1, -0.05) is 54.1 Å². The van der Waals surface area contributed by atoms with E-state index in [1.807, 2.05) is 42.5 Å². The van der Waals surface area contributed by atoms with E-state index < -0.39 is 23.7 Å². The van der Waals surface area contributed by atoms with Crippen LogP contribution in [0.25, 0.3) is 0 Å². The van der Waals surface area contributed by atoms with Crippen molar-refractivity contribution in [2.24, 2.45) is 0 Å². The summed E-state index contributed by atoms with van der Waals surface area (Å²) in [4.78, 5) is 37.7. The first-order chi connectivity index (χ1) is 15.5. The van der Waals surface area contributed by atoms with Crippen molar-refractivity contribution in [1.29, 1.82) is 0 Å². The van der Waals surface area contributed by atoms with Gasteiger partial charge in [-0.2, -0.15) is 5.10 Å². The Morgan fingerprint density at radius 3 is 2.38 bits per heavy atom. The van der Waals surface area contributed by atoms with Crippen molar-refractivity contribution in [3.63, 3.8) is 0 Å². The molecule has 4 aromatic rings. The summed E-state index contributed by atoms with van der Waals surface area (Å²) >= 11 is 5.92. The summed E-state index contributed by atoms with van der Waals surface area (Å²) in [6.45, 7) is 0.323. The average Bonchev–Trinajstić information content (AvgIpc) is 3.22. The molecule has 2 aromatic heterocycles. The Morgan fingerprint density at radius 1 is 0.906 bits per heavy atom. The van der Waals surface area contributed by atoms with Crippen LogP contribution in [0.4, 0.5) is 5.82 Å². The number of aromatic nitrogens is 4. The molecule has 2 aromatic carbocycles. The maximum atomic E-state index is 12.8. The van der Waals surface area contributed by atoms with E-state index >= 15 is 0 Å². The molecule has 0 saturated heterocycles. The van der Waals surface area contributed by atoms with Crippen LogP contribution in [0.5, 0.6) is 0 Å². The van der Waals surface area contributed by atoms with Gasteiger partial charge in [0.2, 0.25) is 5.91 Å². The predicted octanol–water partition coefficient (Wildman–Crippen LogP) is 2.60. The van der Waals surface area contributed by atoms with Gasteiger partial charge in [0.15, 0.2) is 0 Å². The quantitative estimate of drug-likeness (QED) is 0.469. The van der Waals surface area contributed by atoms with Crippen molar-refractivity contribution in [1.82, 2.24) is 18.9 Å². The number of hydrogen-bond acceptors (Lipinski definition) is 4. The van der Waals surface area contributed by atoms with Gasteiger partial charge in [0.25, 0.3) is 5.56 Å². The lowest BCUT2D eigenvalue weighted by Gasteiger charge is -2.12. The van der Waals surface area contributed by atoms with E-state index in [2.05, 4.69) is 10.4 Å². The lowest BCUT2D eigenvalue weighted by Crippen LogP contribution is -2.42. The van der Waals surface area contributed by atoms with Crippen molar-refractivity contribution in [3.05, 3.63) is 116 Å². The van der Waals surface area contributed by atoms with E-state index in [-0.39, 0.29) is 0 Å². The van der Waals surface area contributed by atoms with Gasteiger partial charge >= 0.3 is 5.69 Å². The van der Waals surface area contributed by atoms with Crippen LogP contribution in [0.1, 0.15) is 11.1 Å². The number of nitrogens with zero attached hydrogens (tertiary/aromatic N) is 4. The molecule has 32 heavy (non-hydrogen) atoms. The van der Waals surface area contributed by atoms with Crippen LogP contribution < -0.4 is 16.6 Å². The first-order valence-electron chi connectivity index (χ1n) is 9.90. The zero-order valence-electron chi connectivity index (χ0n) is 17.0. The van der Waals surface area contributed by atoms with Crippen molar-refractivity contribution >= 4 is 23.3 Å². The Hall–Kier alpha value is -3.91. The van der Waals surface area contributed by atoms with Crippen LogP contribution >= 0.6 is 11.6 Å². The SMILES string of the molecule is O=C(Cn1c(=O)ccn(Cc2ccccc2)c1=O)Nc1ccnn1Cc1ccc(Cl)cc1. The zero-order valence-corrected chi connectivity index (χ0v) is 17.8. The molecule has 1 amide bonds. The number of amides is 1. The molecule has 162 valence electrons. The van der Waals surface area contributed by atoms with E-state index in [0.29, 0.717) is 23.9 Å². The maximum Gasteiger partial charge on any atom is 0.331 e. The number of hydrogen-bond donors (Lipinski definition) is 1. The van der Waals surface area contributed by atoms with Gasteiger partial charge in [0, 0.05) is 23.4 Å². The summed E-state index contributed by atoms with van der Waals surface area (Å²) in [5.41, 5.74) is 0.780. The molecule has 0 aliphatic rings. The van der Waals surface area contributed by atoms with Gasteiger partial charge in [-0.25, -0.2) is 9.48 Å². The molecular weight excluding hydrogens is 430 g/mol. The summed E-state index contributed by atoms with van der Waals surface area (Å²) in [6, 6.07) is 19.6. The van der Waals surface area contributed by atoms with Crippen LogP contribution in [-0.4, -0.2) is 24.8 Å². The fourth-order valence-corrected chi connectivity index (χ4v) is 3.38. The summed E-state index contributed by atoms with van der Waals surface area (Å²) < 4.78 is 3.93. The van der Waals surface area contributed by atoms with Gasteiger partial charge < -0.3 is 5.32 Å². The van der Waals surface area contributed by atoms with E-state index in [1.54, 1.807) is 29.1 Å². The second kappa shape index (κ2) is 9.49. The summed E-state index contributed by atoms with van der Waals surface area (Å²) in [7, 11) is 0. The van der Waals surface area contributed by atoms with Crippen molar-refractivity contribution in [2.75, 3.05) is 5.32 Å². The Kier molecular flexibility index (Phi) is 6.32. The average molecular weight is 450 g/mol. The highest BCUT2D eigenvalue weighted by atomic mass is 35.5. The Bertz CT molecular complexity index is 1340. The second-order valence-corrected chi connectivity index (χ2v) is 7.62. The topological polar surface area (TPSA) is 90.9 Å². The molecule has 0 bridgehead atoms. The number of carbonyl (C=O) groups is 1. The van der Waals surface area contributed by atoms with Gasteiger partial charge in [-0.05, 0) is 23.3 Å². The molecule has 0 fully saturated rings. The lowest BCUT2D eigenvalue weighted by atomic mass is 10.2. The van der Waals surface area contributed by atoms with Crippen LogP contribution in [0, 0.1) is 0 Å². The first kappa shape index (κ1) is 21.3. The third kappa shape index (κ3) is 5.04. The second-order valence-electron chi connectivity index (χ2n) is 7.18. The minimum absolute atomic E-state index is 0.301. The highest BCUT2D eigenvalue weighted by Crippen LogP contribution is 2.13. The largest absolute Gasteiger partial charge is 0.331 e. The minimum Gasteiger partial charge on any atom is -0.309 e. The Morgan fingerprint density at radius 2 is 1.62 bits per heavy atom. The lowest BCUT2D eigenvalue weighted by molar-refractivity contribution is -0.116. The summed E-state index contributed by atoms with van der Waals surface area (Å²) in [6.07, 6.45) is 3.00. The molecule has 0 unspecified atom stereocenters. The smallest absolute Gasteiger partial charge is 0.309 e. The van der Waals surface area contributed by atoms with Crippen LogP contribution in [0.3, 0.4) is 0 Å². The fourth-order valence-electron chi connectivity index (χ4n) is 3.26. The summed E-state index contributed by atoms with van der Waals surface area (Å²) in [5.74, 6) is -0.0435. The highest BCUT2D eigenvalue weighted by Gasteiger charge is 2.13. The number of nitrogens with one attached hydrogen (secondary N) is 1. The monoisotopic (exact) mass is 449 g/mol. The molecule has 4 rings (SSSR count). The van der Waals surface area contributed by atoms with Gasteiger partial charge in [-0.15, -0.1) is 0 Å². The molecule has 0 aliphatic carbocycles. The van der Waals surface area contributed by atoms with Crippen LogP contribution in [0.2, 0.25) is 5.02 Å². The standard InChI is InChI=1S/C23H20ClN5O3/c24-19-8-6-18(7-9-19)15-29-20(10-12-25-29)26-21(30)16-28-22(31)11-13-27(23(28)32)14-17-4-2-1-3-5-17/h1-13H,14-16H2,(H,26,30). The number of anilines is 1. The van der Waals surface area contributed by atoms with Crippen LogP contribution in [-0.2, 0) is 24.4 Å². The molecule has 9 heteroatoms. The van der Waals surface area contributed by atoms with Crippen LogP contribution in [0.15, 0.2) is 88.7 Å². The summed E-state index contributed by atoms with van der Waals surface area (Å²) in [5, 5.41) is 7.58. The molecule has 2 heterocycles. The molecule has 0 spiro atoms. The Labute approximate surface area is 188 Å². The highest BCUT2D eigenvalue weighted by molar-refractivity contribution is 6.30. The van der Waals surface area contributed by atoms with Gasteiger partial charge in [0.05, 0.1) is 19.3 Å². The molecule has 1 N–H and O–H groups in total.